The van der Waals surface area contributed by atoms with E-state index in [2.05, 4.69) is 11.1 Å². The lowest BCUT2D eigenvalue weighted by Crippen LogP contribution is -2.25. The Labute approximate surface area is 92.0 Å². The van der Waals surface area contributed by atoms with Gasteiger partial charge in [-0.25, -0.2) is 4.98 Å². The van der Waals surface area contributed by atoms with Crippen LogP contribution in [0.5, 0.6) is 0 Å². The van der Waals surface area contributed by atoms with Crippen molar-refractivity contribution in [1.82, 2.24) is 4.98 Å². The lowest BCUT2D eigenvalue weighted by atomic mass is 10.2. The summed E-state index contributed by atoms with van der Waals surface area (Å²) in [7, 11) is 1.72. The summed E-state index contributed by atoms with van der Waals surface area (Å²) in [6.45, 7) is 0. The van der Waals surface area contributed by atoms with Crippen LogP contribution < -0.4 is 4.90 Å². The van der Waals surface area contributed by atoms with Crippen molar-refractivity contribution in [3.8, 4) is 0 Å². The van der Waals surface area contributed by atoms with E-state index in [9.17, 15) is 4.79 Å². The second-order valence-electron chi connectivity index (χ2n) is 2.97. The molecule has 1 aromatic carbocycles. The maximum absolute atomic E-state index is 11.9. The summed E-state index contributed by atoms with van der Waals surface area (Å²) in [4.78, 5) is 17.5. The number of carbonyl (C=O) groups excluding carboxylic acids is 1. The molecule has 15 heavy (non-hydrogen) atoms. The molecule has 1 radical (unpaired) electrons. The SMILES string of the molecule is CN(C(=O)c1c[c]ccc1)c1nccs1. The Morgan fingerprint density at radius 3 is 3.07 bits per heavy atom. The van der Waals surface area contributed by atoms with Crippen molar-refractivity contribution >= 4 is 22.4 Å². The standard InChI is InChI=1S/C11H9N2OS/c1-13(11-12-7-8-15-11)10(14)9-5-3-2-4-6-9/h2-3,5-8H,1H3. The van der Waals surface area contributed by atoms with Crippen LogP contribution in [0.3, 0.4) is 0 Å². The molecule has 2 rings (SSSR count). The van der Waals surface area contributed by atoms with Gasteiger partial charge < -0.3 is 0 Å². The molecule has 0 fully saturated rings. The fourth-order valence-electron chi connectivity index (χ4n) is 1.19. The van der Waals surface area contributed by atoms with Crippen molar-refractivity contribution in [3.63, 3.8) is 0 Å². The molecule has 0 atom stereocenters. The van der Waals surface area contributed by atoms with Gasteiger partial charge in [-0.3, -0.25) is 9.69 Å². The lowest BCUT2D eigenvalue weighted by molar-refractivity contribution is 0.0993. The normalized spacial score (nSPS) is 9.93. The highest BCUT2D eigenvalue weighted by Crippen LogP contribution is 2.17. The fourth-order valence-corrected chi connectivity index (χ4v) is 1.79. The molecule has 4 heteroatoms. The van der Waals surface area contributed by atoms with E-state index < -0.39 is 0 Å². The van der Waals surface area contributed by atoms with Crippen molar-refractivity contribution in [3.05, 3.63) is 47.5 Å². The zero-order chi connectivity index (χ0) is 10.7. The second kappa shape index (κ2) is 4.23. The van der Waals surface area contributed by atoms with Gasteiger partial charge in [-0.15, -0.1) is 11.3 Å². The molecule has 0 unspecified atom stereocenters. The van der Waals surface area contributed by atoms with Crippen LogP contribution in [0, 0.1) is 6.07 Å². The summed E-state index contributed by atoms with van der Waals surface area (Å²) in [5.41, 5.74) is 0.621. The molecule has 75 valence electrons. The van der Waals surface area contributed by atoms with E-state index in [0.29, 0.717) is 10.7 Å². The van der Waals surface area contributed by atoms with E-state index in [4.69, 9.17) is 0 Å². The van der Waals surface area contributed by atoms with Crippen molar-refractivity contribution in [2.45, 2.75) is 0 Å². The number of carbonyl (C=O) groups is 1. The predicted octanol–water partition coefficient (Wildman–Crippen LogP) is 2.22. The van der Waals surface area contributed by atoms with Gasteiger partial charge in [0.15, 0.2) is 5.13 Å². The molecule has 0 aliphatic carbocycles. The number of benzene rings is 1. The predicted molar refractivity (Wildman–Crippen MR) is 60.1 cm³/mol. The molecule has 1 heterocycles. The quantitative estimate of drug-likeness (QED) is 0.772. The summed E-state index contributed by atoms with van der Waals surface area (Å²) in [5.74, 6) is -0.0678. The van der Waals surface area contributed by atoms with E-state index >= 15 is 0 Å². The topological polar surface area (TPSA) is 33.2 Å². The first kappa shape index (κ1) is 9.86. The van der Waals surface area contributed by atoms with Gasteiger partial charge in [-0.2, -0.15) is 0 Å². The van der Waals surface area contributed by atoms with Crippen molar-refractivity contribution < 1.29 is 4.79 Å². The Bertz CT molecular complexity index is 439. The number of amides is 1. The third-order valence-corrected chi connectivity index (χ3v) is 2.81. The summed E-state index contributed by atoms with van der Waals surface area (Å²) >= 11 is 1.44. The van der Waals surface area contributed by atoms with E-state index in [1.165, 1.54) is 16.2 Å². The third-order valence-electron chi connectivity index (χ3n) is 1.96. The lowest BCUT2D eigenvalue weighted by Gasteiger charge is -2.13. The van der Waals surface area contributed by atoms with Crippen LogP contribution >= 0.6 is 11.3 Å². The highest BCUT2D eigenvalue weighted by molar-refractivity contribution is 7.13. The summed E-state index contributed by atoms with van der Waals surface area (Å²) in [6, 6.07) is 9.88. The summed E-state index contributed by atoms with van der Waals surface area (Å²) in [5, 5.41) is 2.54. The second-order valence-corrected chi connectivity index (χ2v) is 3.84. The molecule has 0 bridgehead atoms. The highest BCUT2D eigenvalue weighted by atomic mass is 32.1. The van der Waals surface area contributed by atoms with Crippen molar-refractivity contribution in [2.24, 2.45) is 0 Å². The minimum Gasteiger partial charge on any atom is -0.287 e. The maximum atomic E-state index is 11.9. The zero-order valence-corrected chi connectivity index (χ0v) is 8.99. The Morgan fingerprint density at radius 2 is 2.47 bits per heavy atom. The fraction of sp³-hybridized carbons (Fsp3) is 0.0909. The molecule has 0 N–H and O–H groups in total. The highest BCUT2D eigenvalue weighted by Gasteiger charge is 2.14. The average Bonchev–Trinajstić information content (AvgIpc) is 2.82. The van der Waals surface area contributed by atoms with Crippen LogP contribution in [-0.4, -0.2) is 17.9 Å². The van der Waals surface area contributed by atoms with Gasteiger partial charge in [-0.1, -0.05) is 12.1 Å². The van der Waals surface area contributed by atoms with Crippen LogP contribution in [0.4, 0.5) is 5.13 Å². The third kappa shape index (κ3) is 2.05. The molecule has 0 saturated carbocycles. The molecule has 0 saturated heterocycles. The van der Waals surface area contributed by atoms with Crippen molar-refractivity contribution in [1.29, 1.82) is 0 Å². The number of anilines is 1. The van der Waals surface area contributed by atoms with E-state index in [1.54, 1.807) is 37.5 Å². The molecule has 1 aromatic heterocycles. The minimum atomic E-state index is -0.0678. The van der Waals surface area contributed by atoms with Crippen LogP contribution in [0.2, 0.25) is 0 Å². The molecule has 0 spiro atoms. The first-order valence-corrected chi connectivity index (χ1v) is 5.30. The van der Waals surface area contributed by atoms with Gasteiger partial charge in [-0.05, 0) is 18.2 Å². The van der Waals surface area contributed by atoms with Crippen LogP contribution in [-0.2, 0) is 0 Å². The van der Waals surface area contributed by atoms with Crippen LogP contribution in [0.25, 0.3) is 0 Å². The minimum absolute atomic E-state index is 0.0678. The molecule has 0 aliphatic rings. The van der Waals surface area contributed by atoms with E-state index in [-0.39, 0.29) is 5.91 Å². The number of thiazole rings is 1. The van der Waals surface area contributed by atoms with Gasteiger partial charge in [0, 0.05) is 24.2 Å². The first-order valence-electron chi connectivity index (χ1n) is 4.42. The number of hydrogen-bond donors (Lipinski definition) is 0. The average molecular weight is 217 g/mol. The van der Waals surface area contributed by atoms with Gasteiger partial charge >= 0.3 is 0 Å². The summed E-state index contributed by atoms with van der Waals surface area (Å²) in [6.07, 6.45) is 1.68. The van der Waals surface area contributed by atoms with Gasteiger partial charge in [0.25, 0.3) is 5.91 Å². The van der Waals surface area contributed by atoms with Gasteiger partial charge in [0.1, 0.15) is 0 Å². The van der Waals surface area contributed by atoms with Gasteiger partial charge in [0.05, 0.1) is 0 Å². The smallest absolute Gasteiger partial charge is 0.259 e. The zero-order valence-electron chi connectivity index (χ0n) is 8.18. The number of nitrogens with zero attached hydrogens (tertiary/aromatic N) is 2. The molecule has 2 aromatic rings. The monoisotopic (exact) mass is 217 g/mol. The largest absolute Gasteiger partial charge is 0.287 e. The van der Waals surface area contributed by atoms with Crippen LogP contribution in [0.15, 0.2) is 35.8 Å². The molecular weight excluding hydrogens is 208 g/mol. The number of aromatic nitrogens is 1. The number of rotatable bonds is 2. The maximum Gasteiger partial charge on any atom is 0.259 e. The van der Waals surface area contributed by atoms with Gasteiger partial charge in [0.2, 0.25) is 0 Å². The Balaban J connectivity index is 2.23. The molecule has 3 nitrogen and oxygen atoms in total. The van der Waals surface area contributed by atoms with Crippen LogP contribution in [0.1, 0.15) is 10.4 Å². The van der Waals surface area contributed by atoms with Crippen molar-refractivity contribution in [2.75, 3.05) is 11.9 Å². The Hall–Kier alpha value is -1.68. The Kier molecular flexibility index (Phi) is 2.78. The Morgan fingerprint density at radius 1 is 1.60 bits per heavy atom. The molecular formula is C11H9N2OS. The molecule has 0 aliphatic heterocycles. The summed E-state index contributed by atoms with van der Waals surface area (Å²) < 4.78 is 0. The van der Waals surface area contributed by atoms with E-state index in [1.807, 2.05) is 5.38 Å². The number of hydrogen-bond acceptors (Lipinski definition) is 3. The first-order chi connectivity index (χ1) is 7.29. The van der Waals surface area contributed by atoms with E-state index in [0.717, 1.165) is 0 Å². The molecule has 1 amide bonds.